The molecule has 0 saturated carbocycles. The molecule has 3 nitrogen and oxygen atoms in total. The largest absolute Gasteiger partial charge is 0.376 e. The maximum atomic E-state index is 10.8. The molecule has 1 N–H and O–H groups in total. The van der Waals surface area contributed by atoms with Crippen LogP contribution >= 0.6 is 0 Å². The highest BCUT2D eigenvalue weighted by atomic mass is 16.5. The fraction of sp³-hybridized carbons (Fsp3) is 0.375. The van der Waals surface area contributed by atoms with Crippen molar-refractivity contribution in [2.45, 2.75) is 13.0 Å². The summed E-state index contributed by atoms with van der Waals surface area (Å²) in [6, 6.07) is 1.65. The Kier molecular flexibility index (Phi) is 1.51. The number of ether oxygens (including phenoxy) is 1. The number of nitrogens with one attached hydrogen (secondary N) is 1. The van der Waals surface area contributed by atoms with E-state index in [-0.39, 0.29) is 5.56 Å². The molecule has 1 aromatic rings. The summed E-state index contributed by atoms with van der Waals surface area (Å²) in [6.07, 6.45) is 2.59. The van der Waals surface area contributed by atoms with Crippen LogP contribution < -0.4 is 5.56 Å². The van der Waals surface area contributed by atoms with E-state index in [1.54, 1.807) is 12.3 Å². The second kappa shape index (κ2) is 2.51. The van der Waals surface area contributed by atoms with Gasteiger partial charge in [0.1, 0.15) is 0 Å². The fourth-order valence-electron chi connectivity index (χ4n) is 1.27. The van der Waals surface area contributed by atoms with Gasteiger partial charge < -0.3 is 9.72 Å². The smallest absolute Gasteiger partial charge is 0.248 e. The summed E-state index contributed by atoms with van der Waals surface area (Å²) in [4.78, 5) is 13.5. The highest BCUT2D eigenvalue weighted by Gasteiger charge is 2.08. The predicted octanol–water partition coefficient (Wildman–Crippen LogP) is 0.448. The van der Waals surface area contributed by atoms with Gasteiger partial charge in [-0.1, -0.05) is 0 Å². The Morgan fingerprint density at radius 1 is 1.45 bits per heavy atom. The van der Waals surface area contributed by atoms with Crippen LogP contribution in [0, 0.1) is 0 Å². The topological polar surface area (TPSA) is 42.1 Å². The van der Waals surface area contributed by atoms with Gasteiger partial charge in [-0.05, 0) is 17.5 Å². The van der Waals surface area contributed by atoms with Crippen molar-refractivity contribution in [3.05, 3.63) is 33.7 Å². The highest BCUT2D eigenvalue weighted by molar-refractivity contribution is 5.23. The summed E-state index contributed by atoms with van der Waals surface area (Å²) >= 11 is 0. The van der Waals surface area contributed by atoms with E-state index in [1.165, 1.54) is 0 Å². The molecule has 0 bridgehead atoms. The minimum atomic E-state index is -0.0225. The van der Waals surface area contributed by atoms with Crippen molar-refractivity contribution >= 4 is 0 Å². The van der Waals surface area contributed by atoms with E-state index in [1.807, 2.05) is 0 Å². The molecule has 0 unspecified atom stereocenters. The molecule has 58 valence electrons. The number of fused-ring (bicyclic) bond motifs is 1. The van der Waals surface area contributed by atoms with Crippen LogP contribution in [0.25, 0.3) is 0 Å². The maximum absolute atomic E-state index is 10.8. The summed E-state index contributed by atoms with van der Waals surface area (Å²) in [6.45, 7) is 1.36. The lowest BCUT2D eigenvalue weighted by Crippen LogP contribution is -2.15. The number of hydrogen-bond donors (Lipinski definition) is 1. The zero-order valence-electron chi connectivity index (χ0n) is 6.09. The summed E-state index contributed by atoms with van der Waals surface area (Å²) < 4.78 is 5.21. The molecule has 2 heterocycles. The first-order valence-electron chi connectivity index (χ1n) is 3.64. The van der Waals surface area contributed by atoms with Crippen LogP contribution in [0.1, 0.15) is 11.1 Å². The number of aromatic amines is 1. The standard InChI is InChI=1S/C8H9NO2/c10-8-3-6-1-2-11-5-7(6)4-9-8/h3-4H,1-2,5H2,(H,9,10). The molecule has 0 aliphatic carbocycles. The minimum absolute atomic E-state index is 0.0225. The molecule has 1 aromatic heterocycles. The summed E-state index contributed by atoms with van der Waals surface area (Å²) in [5.41, 5.74) is 2.21. The Bertz CT molecular complexity index is 316. The monoisotopic (exact) mass is 151 g/mol. The number of hydrogen-bond acceptors (Lipinski definition) is 2. The Labute approximate surface area is 64.0 Å². The van der Waals surface area contributed by atoms with Crippen LogP contribution in [0.5, 0.6) is 0 Å². The van der Waals surface area contributed by atoms with Crippen molar-refractivity contribution < 1.29 is 4.74 Å². The molecular formula is C8H9NO2. The highest BCUT2D eigenvalue weighted by Crippen LogP contribution is 2.12. The molecule has 0 saturated heterocycles. The predicted molar refractivity (Wildman–Crippen MR) is 40.4 cm³/mol. The second-order valence-corrected chi connectivity index (χ2v) is 2.65. The third-order valence-electron chi connectivity index (χ3n) is 1.88. The molecule has 0 atom stereocenters. The molecule has 0 fully saturated rings. The van der Waals surface area contributed by atoms with Crippen LogP contribution in [0.15, 0.2) is 17.1 Å². The van der Waals surface area contributed by atoms with Crippen molar-refractivity contribution in [2.75, 3.05) is 6.61 Å². The molecule has 1 aliphatic rings. The Hall–Kier alpha value is -1.09. The van der Waals surface area contributed by atoms with Gasteiger partial charge in [0.15, 0.2) is 0 Å². The van der Waals surface area contributed by atoms with Gasteiger partial charge >= 0.3 is 0 Å². The van der Waals surface area contributed by atoms with Crippen molar-refractivity contribution in [1.82, 2.24) is 4.98 Å². The number of H-pyrrole nitrogens is 1. The van der Waals surface area contributed by atoms with Gasteiger partial charge in [0.25, 0.3) is 0 Å². The fourth-order valence-corrected chi connectivity index (χ4v) is 1.27. The normalized spacial score (nSPS) is 16.0. The van der Waals surface area contributed by atoms with Gasteiger partial charge in [0, 0.05) is 12.3 Å². The number of aromatic nitrogens is 1. The van der Waals surface area contributed by atoms with E-state index in [9.17, 15) is 4.79 Å². The van der Waals surface area contributed by atoms with Gasteiger partial charge in [-0.2, -0.15) is 0 Å². The zero-order chi connectivity index (χ0) is 7.68. The first-order chi connectivity index (χ1) is 5.36. The van der Waals surface area contributed by atoms with Crippen LogP contribution in [0.3, 0.4) is 0 Å². The van der Waals surface area contributed by atoms with Crippen molar-refractivity contribution in [1.29, 1.82) is 0 Å². The molecule has 0 aromatic carbocycles. The van der Waals surface area contributed by atoms with E-state index in [2.05, 4.69) is 4.98 Å². The molecule has 2 rings (SSSR count). The van der Waals surface area contributed by atoms with Crippen LogP contribution in [-0.2, 0) is 17.8 Å². The average molecular weight is 151 g/mol. The van der Waals surface area contributed by atoms with Gasteiger partial charge in [0.05, 0.1) is 13.2 Å². The van der Waals surface area contributed by atoms with E-state index in [0.717, 1.165) is 24.2 Å². The average Bonchev–Trinajstić information content (AvgIpc) is 2.04. The molecule has 1 aliphatic heterocycles. The van der Waals surface area contributed by atoms with E-state index >= 15 is 0 Å². The van der Waals surface area contributed by atoms with Crippen LogP contribution in [-0.4, -0.2) is 11.6 Å². The Balaban J connectivity index is 2.51. The lowest BCUT2D eigenvalue weighted by Gasteiger charge is -2.14. The van der Waals surface area contributed by atoms with E-state index in [0.29, 0.717) is 6.61 Å². The zero-order valence-corrected chi connectivity index (χ0v) is 6.09. The third kappa shape index (κ3) is 1.19. The lowest BCUT2D eigenvalue weighted by molar-refractivity contribution is 0.110. The molecule has 0 spiro atoms. The maximum Gasteiger partial charge on any atom is 0.248 e. The minimum Gasteiger partial charge on any atom is -0.376 e. The van der Waals surface area contributed by atoms with Gasteiger partial charge in [-0.15, -0.1) is 0 Å². The van der Waals surface area contributed by atoms with Crippen molar-refractivity contribution in [3.63, 3.8) is 0 Å². The Morgan fingerprint density at radius 3 is 3.27 bits per heavy atom. The molecule has 0 radical (unpaired) electrons. The van der Waals surface area contributed by atoms with Gasteiger partial charge in [-0.25, -0.2) is 0 Å². The quantitative estimate of drug-likeness (QED) is 0.584. The number of pyridine rings is 1. The molecule has 0 amide bonds. The van der Waals surface area contributed by atoms with E-state index < -0.39 is 0 Å². The van der Waals surface area contributed by atoms with Crippen molar-refractivity contribution in [3.8, 4) is 0 Å². The number of rotatable bonds is 0. The molecular weight excluding hydrogens is 142 g/mol. The second-order valence-electron chi connectivity index (χ2n) is 2.65. The van der Waals surface area contributed by atoms with Crippen LogP contribution in [0.4, 0.5) is 0 Å². The van der Waals surface area contributed by atoms with Gasteiger partial charge in [0.2, 0.25) is 5.56 Å². The molecule has 11 heavy (non-hydrogen) atoms. The SMILES string of the molecule is O=c1cc2c(c[nH]1)COCC2. The van der Waals surface area contributed by atoms with E-state index in [4.69, 9.17) is 4.74 Å². The lowest BCUT2D eigenvalue weighted by atomic mass is 10.1. The van der Waals surface area contributed by atoms with Gasteiger partial charge in [-0.3, -0.25) is 4.79 Å². The van der Waals surface area contributed by atoms with Crippen molar-refractivity contribution in [2.24, 2.45) is 0 Å². The summed E-state index contributed by atoms with van der Waals surface area (Å²) in [5, 5.41) is 0. The first kappa shape index (κ1) is 6.61. The molecule has 3 heteroatoms. The summed E-state index contributed by atoms with van der Waals surface area (Å²) in [5.74, 6) is 0. The third-order valence-corrected chi connectivity index (χ3v) is 1.88. The first-order valence-corrected chi connectivity index (χ1v) is 3.64. The Morgan fingerprint density at radius 2 is 2.36 bits per heavy atom. The summed E-state index contributed by atoms with van der Waals surface area (Å²) in [7, 11) is 0. The van der Waals surface area contributed by atoms with Crippen LogP contribution in [0.2, 0.25) is 0 Å².